The van der Waals surface area contributed by atoms with E-state index in [0.29, 0.717) is 43.1 Å². The number of benzene rings is 2. The van der Waals surface area contributed by atoms with Gasteiger partial charge in [0.15, 0.2) is 11.7 Å². The van der Waals surface area contributed by atoms with E-state index in [1.807, 2.05) is 68.4 Å². The van der Waals surface area contributed by atoms with Crippen molar-refractivity contribution >= 4 is 22.8 Å². The number of para-hydroxylation sites is 2. The molecular weight excluding hydrogens is 402 g/mol. The zero-order chi connectivity index (χ0) is 22.5. The highest BCUT2D eigenvalue weighted by Crippen LogP contribution is 2.29. The summed E-state index contributed by atoms with van der Waals surface area (Å²) in [5.41, 5.74) is 2.92. The monoisotopic (exact) mass is 429 g/mol. The third-order valence-corrected chi connectivity index (χ3v) is 5.52. The van der Waals surface area contributed by atoms with Crippen LogP contribution in [0.25, 0.3) is 11.0 Å². The van der Waals surface area contributed by atoms with E-state index >= 15 is 0 Å². The fourth-order valence-electron chi connectivity index (χ4n) is 4.10. The molecule has 1 aliphatic heterocycles. The van der Waals surface area contributed by atoms with Crippen molar-refractivity contribution in [3.8, 4) is 6.07 Å². The summed E-state index contributed by atoms with van der Waals surface area (Å²) >= 11 is 0. The zero-order valence-corrected chi connectivity index (χ0v) is 18.4. The normalized spacial score (nSPS) is 19.3. The van der Waals surface area contributed by atoms with Gasteiger partial charge in [0.1, 0.15) is 5.69 Å². The molecule has 4 rings (SSSR count). The Labute approximate surface area is 188 Å². The van der Waals surface area contributed by atoms with Gasteiger partial charge in [0.2, 0.25) is 5.91 Å². The number of anilines is 1. The molecule has 1 aliphatic rings. The molecular formula is C25H27N5O2. The number of hydrogen-bond acceptors (Lipinski definition) is 6. The molecule has 1 aromatic heterocycles. The second-order valence-corrected chi connectivity index (χ2v) is 8.17. The Morgan fingerprint density at radius 2 is 1.72 bits per heavy atom. The van der Waals surface area contributed by atoms with E-state index in [9.17, 15) is 10.1 Å². The second-order valence-electron chi connectivity index (χ2n) is 8.17. The van der Waals surface area contributed by atoms with E-state index in [-0.39, 0.29) is 18.1 Å². The van der Waals surface area contributed by atoms with Gasteiger partial charge >= 0.3 is 0 Å². The summed E-state index contributed by atoms with van der Waals surface area (Å²) < 4.78 is 5.86. The van der Waals surface area contributed by atoms with E-state index < -0.39 is 5.92 Å². The molecule has 2 heterocycles. The first-order valence-corrected chi connectivity index (χ1v) is 10.9. The maximum atomic E-state index is 13.0. The minimum Gasteiger partial charge on any atom is -0.372 e. The average Bonchev–Trinajstić information content (AvgIpc) is 2.79. The van der Waals surface area contributed by atoms with Crippen molar-refractivity contribution in [2.75, 3.05) is 24.5 Å². The molecule has 0 radical (unpaired) electrons. The molecule has 1 saturated heterocycles. The molecule has 7 nitrogen and oxygen atoms in total. The number of fused-ring (bicyclic) bond motifs is 1. The van der Waals surface area contributed by atoms with Gasteiger partial charge in [-0.1, -0.05) is 42.5 Å². The molecule has 0 saturated carbocycles. The molecule has 0 bridgehead atoms. The standard InChI is InChI=1S/C25H27N5O2/c1-17-15-30(16-18(2)32-17)24-23(28-21-10-6-7-11-22(21)29-24)20(14-26)25(31)27-13-12-19-8-4-3-5-9-19/h3-11,17-18,20H,12-13,15-16H2,1-2H3,(H,27,31)/t17-,18+,20-/m1/s1. The Morgan fingerprint density at radius 3 is 2.38 bits per heavy atom. The molecule has 32 heavy (non-hydrogen) atoms. The summed E-state index contributed by atoms with van der Waals surface area (Å²) in [4.78, 5) is 24.7. The molecule has 3 aromatic rings. The highest BCUT2D eigenvalue weighted by atomic mass is 16.5. The third-order valence-electron chi connectivity index (χ3n) is 5.52. The number of rotatable bonds is 6. The highest BCUT2D eigenvalue weighted by Gasteiger charge is 2.31. The van der Waals surface area contributed by atoms with Gasteiger partial charge in [-0.25, -0.2) is 9.97 Å². The van der Waals surface area contributed by atoms with Gasteiger partial charge in [-0.2, -0.15) is 5.26 Å². The van der Waals surface area contributed by atoms with Crippen LogP contribution in [0, 0.1) is 11.3 Å². The van der Waals surface area contributed by atoms with Gasteiger partial charge in [-0.3, -0.25) is 4.79 Å². The van der Waals surface area contributed by atoms with Crippen LogP contribution in [0.15, 0.2) is 54.6 Å². The SMILES string of the molecule is C[C@@H]1CN(c2nc3ccccc3nc2[C@@H](C#N)C(=O)NCCc2ccccc2)C[C@H](C)O1. The Bertz CT molecular complexity index is 1120. The van der Waals surface area contributed by atoms with E-state index in [1.165, 1.54) is 0 Å². The van der Waals surface area contributed by atoms with Gasteiger partial charge in [-0.15, -0.1) is 0 Å². The van der Waals surface area contributed by atoms with Gasteiger partial charge in [0.05, 0.1) is 29.3 Å². The minimum absolute atomic E-state index is 0.0140. The number of carbonyl (C=O) groups is 1. The molecule has 1 amide bonds. The summed E-state index contributed by atoms with van der Waals surface area (Å²) in [5.74, 6) is -0.828. The van der Waals surface area contributed by atoms with Crippen molar-refractivity contribution in [3.05, 3.63) is 65.9 Å². The molecule has 164 valence electrons. The van der Waals surface area contributed by atoms with Crippen LogP contribution in [0.5, 0.6) is 0 Å². The Kier molecular flexibility index (Phi) is 6.62. The minimum atomic E-state index is -1.05. The van der Waals surface area contributed by atoms with Crippen molar-refractivity contribution < 1.29 is 9.53 Å². The second kappa shape index (κ2) is 9.75. The first-order valence-electron chi connectivity index (χ1n) is 10.9. The summed E-state index contributed by atoms with van der Waals surface area (Å²) in [7, 11) is 0. The predicted molar refractivity (Wildman–Crippen MR) is 123 cm³/mol. The molecule has 0 spiro atoms. The van der Waals surface area contributed by atoms with Crippen LogP contribution in [0.1, 0.15) is 31.0 Å². The number of aromatic nitrogens is 2. The van der Waals surface area contributed by atoms with Gasteiger partial charge in [0.25, 0.3) is 0 Å². The highest BCUT2D eigenvalue weighted by molar-refractivity contribution is 5.88. The Balaban J connectivity index is 1.62. The number of nitrogens with one attached hydrogen (secondary N) is 1. The number of nitriles is 1. The summed E-state index contributed by atoms with van der Waals surface area (Å²) in [5, 5.41) is 12.8. The maximum absolute atomic E-state index is 13.0. The molecule has 1 N–H and O–H groups in total. The van der Waals surface area contributed by atoms with E-state index in [1.54, 1.807) is 0 Å². The van der Waals surface area contributed by atoms with Gasteiger partial charge < -0.3 is 15.0 Å². The molecule has 0 unspecified atom stereocenters. The van der Waals surface area contributed by atoms with Crippen LogP contribution < -0.4 is 10.2 Å². The summed E-state index contributed by atoms with van der Waals surface area (Å²) in [6, 6.07) is 19.6. The summed E-state index contributed by atoms with van der Waals surface area (Å²) in [6.07, 6.45) is 0.722. The lowest BCUT2D eigenvalue weighted by Gasteiger charge is -2.37. The van der Waals surface area contributed by atoms with Crippen molar-refractivity contribution in [1.29, 1.82) is 5.26 Å². The smallest absolute Gasteiger partial charge is 0.243 e. The van der Waals surface area contributed by atoms with Gasteiger partial charge in [0, 0.05) is 19.6 Å². The number of ether oxygens (including phenoxy) is 1. The van der Waals surface area contributed by atoms with Crippen LogP contribution in [0.4, 0.5) is 5.82 Å². The number of carbonyl (C=O) groups excluding carboxylic acids is 1. The van der Waals surface area contributed by atoms with Crippen molar-refractivity contribution in [1.82, 2.24) is 15.3 Å². The lowest BCUT2D eigenvalue weighted by molar-refractivity contribution is -0.121. The van der Waals surface area contributed by atoms with Crippen molar-refractivity contribution in [3.63, 3.8) is 0 Å². The largest absolute Gasteiger partial charge is 0.372 e. The predicted octanol–water partition coefficient (Wildman–Crippen LogP) is 3.21. The Hall–Kier alpha value is -3.50. The molecule has 3 atom stereocenters. The van der Waals surface area contributed by atoms with Crippen molar-refractivity contribution in [2.45, 2.75) is 38.4 Å². The first kappa shape index (κ1) is 21.7. The molecule has 0 aliphatic carbocycles. The lowest BCUT2D eigenvalue weighted by Crippen LogP contribution is -2.46. The topological polar surface area (TPSA) is 91.1 Å². The quantitative estimate of drug-likeness (QED) is 0.647. The van der Waals surface area contributed by atoms with E-state index in [4.69, 9.17) is 14.7 Å². The molecule has 1 fully saturated rings. The zero-order valence-electron chi connectivity index (χ0n) is 18.4. The van der Waals surface area contributed by atoms with Crippen molar-refractivity contribution in [2.24, 2.45) is 0 Å². The number of nitrogens with zero attached hydrogens (tertiary/aromatic N) is 4. The van der Waals surface area contributed by atoms with Crippen LogP contribution in [-0.2, 0) is 16.0 Å². The Morgan fingerprint density at radius 1 is 1.09 bits per heavy atom. The fraction of sp³-hybridized carbons (Fsp3) is 0.360. The fourth-order valence-corrected chi connectivity index (χ4v) is 4.10. The van der Waals surface area contributed by atoms with Crippen LogP contribution >= 0.6 is 0 Å². The van der Waals surface area contributed by atoms with Gasteiger partial charge in [-0.05, 0) is 38.0 Å². The maximum Gasteiger partial charge on any atom is 0.243 e. The van der Waals surface area contributed by atoms with Crippen LogP contribution in [-0.4, -0.2) is 47.7 Å². The third kappa shape index (κ3) is 4.87. The first-order chi connectivity index (χ1) is 15.5. The number of amides is 1. The van der Waals surface area contributed by atoms with Crippen LogP contribution in [0.3, 0.4) is 0 Å². The molecule has 7 heteroatoms. The lowest BCUT2D eigenvalue weighted by atomic mass is 10.0. The average molecular weight is 430 g/mol. The number of hydrogen-bond donors (Lipinski definition) is 1. The molecule has 2 aromatic carbocycles. The van der Waals surface area contributed by atoms with Crippen LogP contribution in [0.2, 0.25) is 0 Å². The summed E-state index contributed by atoms with van der Waals surface area (Å²) in [6.45, 7) is 5.71. The van der Waals surface area contributed by atoms with E-state index in [0.717, 1.165) is 11.1 Å². The van der Waals surface area contributed by atoms with E-state index in [2.05, 4.69) is 16.3 Å². The number of morpholine rings is 1.